The average Bonchev–Trinajstić information content (AvgIpc) is 2.17. The molecule has 0 fully saturated rings. The standard InChI is InChI=1S/C5H12O4.H2O7S2/c6-1-5(2-7,3-8)4-9;1-8(2,3)7-9(4,5)6/h6-9H,1-4H2;(H,1,2,3)(H,4,5,6). The van der Waals surface area contributed by atoms with Crippen LogP contribution in [0.15, 0.2) is 0 Å². The lowest BCUT2D eigenvalue weighted by molar-refractivity contribution is -0.0328. The second-order valence-electron chi connectivity index (χ2n) is 3.06. The highest BCUT2D eigenvalue weighted by Crippen LogP contribution is 2.11. The molecule has 112 valence electrons. The van der Waals surface area contributed by atoms with Gasteiger partial charge in [-0.3, -0.25) is 9.11 Å². The molecule has 0 spiro atoms. The van der Waals surface area contributed by atoms with E-state index in [1.54, 1.807) is 0 Å². The van der Waals surface area contributed by atoms with Crippen LogP contribution in [0.1, 0.15) is 0 Å². The molecule has 0 aromatic carbocycles. The molecule has 0 rings (SSSR count). The Bertz CT molecular complexity index is 357. The van der Waals surface area contributed by atoms with Crippen LogP contribution in [0.5, 0.6) is 0 Å². The zero-order chi connectivity index (χ0) is 15.0. The molecule has 0 amide bonds. The molecule has 0 heterocycles. The number of hydrogen-bond donors (Lipinski definition) is 6. The van der Waals surface area contributed by atoms with E-state index in [0.29, 0.717) is 0 Å². The van der Waals surface area contributed by atoms with Crippen molar-refractivity contribution in [2.24, 2.45) is 5.41 Å². The lowest BCUT2D eigenvalue weighted by atomic mass is 9.93. The zero-order valence-electron chi connectivity index (χ0n) is 8.87. The maximum atomic E-state index is 9.44. The summed E-state index contributed by atoms with van der Waals surface area (Å²) in [6, 6.07) is 0. The Kier molecular flexibility index (Phi) is 8.78. The lowest BCUT2D eigenvalue weighted by Gasteiger charge is -2.23. The topological polar surface area (TPSA) is 199 Å². The maximum Gasteiger partial charge on any atom is 0.413 e. The van der Waals surface area contributed by atoms with Crippen LogP contribution in [0.2, 0.25) is 0 Å². The molecule has 0 saturated carbocycles. The van der Waals surface area contributed by atoms with Gasteiger partial charge in [0.1, 0.15) is 0 Å². The highest BCUT2D eigenvalue weighted by Gasteiger charge is 2.26. The minimum Gasteiger partial charge on any atom is -0.396 e. The van der Waals surface area contributed by atoms with E-state index < -0.39 is 52.6 Å². The maximum absolute atomic E-state index is 9.44. The number of rotatable bonds is 6. The highest BCUT2D eigenvalue weighted by molar-refractivity contribution is 7.94. The van der Waals surface area contributed by atoms with Gasteiger partial charge in [0.05, 0.1) is 31.8 Å². The number of aliphatic hydroxyl groups is 4. The molecule has 0 radical (unpaired) electrons. The van der Waals surface area contributed by atoms with Gasteiger partial charge in [0.25, 0.3) is 0 Å². The van der Waals surface area contributed by atoms with Gasteiger partial charge in [-0.2, -0.15) is 16.8 Å². The van der Waals surface area contributed by atoms with Crippen molar-refractivity contribution in [3.05, 3.63) is 0 Å². The van der Waals surface area contributed by atoms with Crippen LogP contribution in [0, 0.1) is 5.41 Å². The van der Waals surface area contributed by atoms with Gasteiger partial charge in [-0.15, -0.1) is 3.63 Å². The van der Waals surface area contributed by atoms with E-state index in [1.165, 1.54) is 0 Å². The van der Waals surface area contributed by atoms with Crippen molar-refractivity contribution in [2.45, 2.75) is 0 Å². The summed E-state index contributed by atoms with van der Waals surface area (Å²) >= 11 is 0. The van der Waals surface area contributed by atoms with Crippen LogP contribution in [0.4, 0.5) is 0 Å². The van der Waals surface area contributed by atoms with Crippen molar-refractivity contribution in [3.63, 3.8) is 0 Å². The summed E-state index contributed by atoms with van der Waals surface area (Å²) < 4.78 is 55.6. The zero-order valence-corrected chi connectivity index (χ0v) is 10.5. The molecule has 0 aliphatic rings. The summed E-state index contributed by atoms with van der Waals surface area (Å²) in [6.45, 7) is -1.62. The first-order valence-electron chi connectivity index (χ1n) is 4.04. The van der Waals surface area contributed by atoms with E-state index in [1.807, 2.05) is 0 Å². The molecule has 0 aromatic heterocycles. The van der Waals surface area contributed by atoms with Crippen LogP contribution in [-0.4, -0.2) is 72.8 Å². The normalized spacial score (nSPS) is 12.8. The fourth-order valence-corrected chi connectivity index (χ4v) is 1.28. The molecular formula is C5H14O11S2. The third kappa shape index (κ3) is 10.8. The summed E-state index contributed by atoms with van der Waals surface area (Å²) in [4.78, 5) is 0. The smallest absolute Gasteiger partial charge is 0.396 e. The first-order chi connectivity index (χ1) is 7.95. The Balaban J connectivity index is 0. The molecule has 18 heavy (non-hydrogen) atoms. The second-order valence-corrected chi connectivity index (χ2v) is 5.31. The molecular weight excluding hydrogens is 300 g/mol. The lowest BCUT2D eigenvalue weighted by Crippen LogP contribution is -2.37. The van der Waals surface area contributed by atoms with Crippen molar-refractivity contribution in [1.29, 1.82) is 0 Å². The molecule has 0 aliphatic heterocycles. The van der Waals surface area contributed by atoms with Gasteiger partial charge in [-0.1, -0.05) is 0 Å². The Hall–Kier alpha value is -0.380. The van der Waals surface area contributed by atoms with Crippen LogP contribution in [-0.2, 0) is 24.4 Å². The number of aliphatic hydroxyl groups excluding tert-OH is 4. The van der Waals surface area contributed by atoms with Crippen LogP contribution in [0.3, 0.4) is 0 Å². The fourth-order valence-electron chi connectivity index (χ4n) is 0.409. The van der Waals surface area contributed by atoms with Crippen LogP contribution < -0.4 is 0 Å². The van der Waals surface area contributed by atoms with Gasteiger partial charge in [0.2, 0.25) is 0 Å². The van der Waals surface area contributed by atoms with E-state index in [4.69, 9.17) is 29.5 Å². The number of hydrogen-bond acceptors (Lipinski definition) is 9. The molecule has 0 atom stereocenters. The van der Waals surface area contributed by atoms with Gasteiger partial charge >= 0.3 is 20.8 Å². The predicted molar refractivity (Wildman–Crippen MR) is 55.0 cm³/mol. The van der Waals surface area contributed by atoms with E-state index in [-0.39, 0.29) is 0 Å². The van der Waals surface area contributed by atoms with Gasteiger partial charge in [-0.25, -0.2) is 0 Å². The summed E-state index contributed by atoms with van der Waals surface area (Å²) in [5.41, 5.74) is -1.11. The first-order valence-corrected chi connectivity index (χ1v) is 6.77. The summed E-state index contributed by atoms with van der Waals surface area (Å²) in [7, 11) is -10.2. The summed E-state index contributed by atoms with van der Waals surface area (Å²) in [5, 5.41) is 34.0. The van der Waals surface area contributed by atoms with Gasteiger partial charge < -0.3 is 20.4 Å². The Labute approximate surface area is 103 Å². The highest BCUT2D eigenvalue weighted by atomic mass is 32.3. The molecule has 0 bridgehead atoms. The van der Waals surface area contributed by atoms with Crippen LogP contribution >= 0.6 is 0 Å². The van der Waals surface area contributed by atoms with Crippen LogP contribution in [0.25, 0.3) is 0 Å². The first kappa shape index (κ1) is 19.9. The molecule has 11 nitrogen and oxygen atoms in total. The molecule has 0 aromatic rings. The molecule has 13 heteroatoms. The van der Waals surface area contributed by atoms with Gasteiger partial charge in [-0.05, 0) is 0 Å². The molecule has 0 unspecified atom stereocenters. The van der Waals surface area contributed by atoms with Crippen molar-refractivity contribution < 1.29 is 50.0 Å². The van der Waals surface area contributed by atoms with E-state index in [9.17, 15) is 16.8 Å². The largest absolute Gasteiger partial charge is 0.413 e. The SMILES string of the molecule is O=S(=O)(O)OS(=O)(=O)O.OCC(CO)(CO)CO. The minimum atomic E-state index is -5.12. The molecule has 6 N–H and O–H groups in total. The minimum absolute atomic E-state index is 0.406. The third-order valence-electron chi connectivity index (χ3n) is 1.51. The fraction of sp³-hybridized carbons (Fsp3) is 1.00. The Morgan fingerprint density at radius 1 is 0.722 bits per heavy atom. The van der Waals surface area contributed by atoms with Crippen molar-refractivity contribution in [1.82, 2.24) is 0 Å². The third-order valence-corrected chi connectivity index (χ3v) is 2.89. The van der Waals surface area contributed by atoms with E-state index >= 15 is 0 Å². The predicted octanol–water partition coefficient (Wildman–Crippen LogP) is -3.45. The monoisotopic (exact) mass is 314 g/mol. The quantitative estimate of drug-likeness (QED) is 0.266. The van der Waals surface area contributed by atoms with Crippen molar-refractivity contribution in [2.75, 3.05) is 26.4 Å². The average molecular weight is 314 g/mol. The van der Waals surface area contributed by atoms with Gasteiger partial charge in [0.15, 0.2) is 0 Å². The van der Waals surface area contributed by atoms with Crippen molar-refractivity contribution in [3.8, 4) is 0 Å². The molecule has 0 aliphatic carbocycles. The van der Waals surface area contributed by atoms with Crippen molar-refractivity contribution >= 4 is 20.8 Å². The summed E-state index contributed by atoms with van der Waals surface area (Å²) in [5.74, 6) is 0. The van der Waals surface area contributed by atoms with E-state index in [0.717, 1.165) is 0 Å². The summed E-state index contributed by atoms with van der Waals surface area (Å²) in [6.07, 6.45) is 0. The van der Waals surface area contributed by atoms with E-state index in [2.05, 4.69) is 3.63 Å². The Morgan fingerprint density at radius 3 is 0.944 bits per heavy atom. The Morgan fingerprint density at radius 2 is 0.944 bits per heavy atom. The van der Waals surface area contributed by atoms with Gasteiger partial charge in [0, 0.05) is 0 Å². The molecule has 0 saturated heterocycles. The second kappa shape index (κ2) is 7.93.